The number of ether oxygens (including phenoxy) is 2. The van der Waals surface area contributed by atoms with Gasteiger partial charge in [-0.3, -0.25) is 0 Å². The molecule has 2 aromatic rings. The van der Waals surface area contributed by atoms with Crippen molar-refractivity contribution in [2.75, 3.05) is 0 Å². The topological polar surface area (TPSA) is 55.8 Å². The van der Waals surface area contributed by atoms with Crippen molar-refractivity contribution in [2.45, 2.75) is 20.1 Å². The number of aryl methyl sites for hydroxylation is 2. The molecular weight excluding hydrogens is 272 g/mol. The van der Waals surface area contributed by atoms with Crippen molar-refractivity contribution < 1.29 is 19.4 Å². The summed E-state index contributed by atoms with van der Waals surface area (Å²) < 4.78 is 10.6. The quantitative estimate of drug-likeness (QED) is 0.856. The van der Waals surface area contributed by atoms with Crippen LogP contribution >= 0.6 is 22.7 Å². The van der Waals surface area contributed by atoms with Crippen molar-refractivity contribution in [3.8, 4) is 10.1 Å². The van der Waals surface area contributed by atoms with Gasteiger partial charge in [0.15, 0.2) is 10.1 Å². The minimum Gasteiger partial charge on any atom is -0.476 e. The molecule has 0 aliphatic heterocycles. The molecule has 0 unspecified atom stereocenters. The highest BCUT2D eigenvalue weighted by Crippen LogP contribution is 2.27. The number of hydrogen-bond acceptors (Lipinski definition) is 5. The summed E-state index contributed by atoms with van der Waals surface area (Å²) in [4.78, 5) is 11.1. The normalized spacial score (nSPS) is 10.6. The summed E-state index contributed by atoms with van der Waals surface area (Å²) in [6, 6.07) is 3.56. The first kappa shape index (κ1) is 12.9. The number of carbonyl (C=O) groups is 1. The van der Waals surface area contributed by atoms with Crippen LogP contribution in [0.5, 0.6) is 10.1 Å². The molecule has 2 heterocycles. The van der Waals surface area contributed by atoms with Gasteiger partial charge in [0.2, 0.25) is 0 Å². The van der Waals surface area contributed by atoms with Crippen LogP contribution in [0.25, 0.3) is 0 Å². The highest BCUT2D eigenvalue weighted by atomic mass is 32.1. The fraction of sp³-hybridized carbons (Fsp3) is 0.250. The molecule has 18 heavy (non-hydrogen) atoms. The SMILES string of the molecule is Cc1csc(OC(Oc2cc(C)cs2)C(=O)O)c1. The second-order valence-electron chi connectivity index (χ2n) is 3.79. The average molecular weight is 284 g/mol. The lowest BCUT2D eigenvalue weighted by atomic mass is 10.4. The van der Waals surface area contributed by atoms with Gasteiger partial charge in [-0.2, -0.15) is 0 Å². The molecule has 0 aromatic carbocycles. The van der Waals surface area contributed by atoms with Gasteiger partial charge < -0.3 is 14.6 Å². The van der Waals surface area contributed by atoms with E-state index in [1.807, 2.05) is 24.6 Å². The van der Waals surface area contributed by atoms with Crippen LogP contribution in [0.2, 0.25) is 0 Å². The number of thiophene rings is 2. The Hall–Kier alpha value is -1.53. The molecule has 0 aliphatic rings. The van der Waals surface area contributed by atoms with Gasteiger partial charge in [0.1, 0.15) is 0 Å². The minimum absolute atomic E-state index is 0.535. The Morgan fingerprint density at radius 3 is 1.83 bits per heavy atom. The van der Waals surface area contributed by atoms with E-state index in [9.17, 15) is 4.79 Å². The predicted molar refractivity (Wildman–Crippen MR) is 70.8 cm³/mol. The minimum atomic E-state index is -1.32. The highest BCUT2D eigenvalue weighted by molar-refractivity contribution is 7.12. The molecule has 0 atom stereocenters. The number of carboxylic acids is 1. The lowest BCUT2D eigenvalue weighted by Crippen LogP contribution is -2.32. The van der Waals surface area contributed by atoms with Gasteiger partial charge in [-0.1, -0.05) is 0 Å². The Morgan fingerprint density at radius 1 is 1.11 bits per heavy atom. The largest absolute Gasteiger partial charge is 0.476 e. The zero-order valence-electron chi connectivity index (χ0n) is 9.88. The Morgan fingerprint density at radius 2 is 1.56 bits per heavy atom. The molecule has 2 rings (SSSR count). The molecule has 0 radical (unpaired) electrons. The second kappa shape index (κ2) is 5.41. The summed E-state index contributed by atoms with van der Waals surface area (Å²) in [6.07, 6.45) is -1.32. The van der Waals surface area contributed by atoms with E-state index in [0.29, 0.717) is 10.1 Å². The van der Waals surface area contributed by atoms with Gasteiger partial charge in [-0.05, 0) is 47.9 Å². The summed E-state index contributed by atoms with van der Waals surface area (Å²) in [5.41, 5.74) is 2.07. The third kappa shape index (κ3) is 3.24. The van der Waals surface area contributed by atoms with Gasteiger partial charge in [0, 0.05) is 0 Å². The molecule has 0 aliphatic carbocycles. The first-order valence-electron chi connectivity index (χ1n) is 5.21. The molecule has 0 bridgehead atoms. The number of carboxylic acid groups (broad SMARTS) is 1. The van der Waals surface area contributed by atoms with Gasteiger partial charge in [0.05, 0.1) is 0 Å². The lowest BCUT2D eigenvalue weighted by molar-refractivity contribution is -0.158. The molecule has 0 saturated heterocycles. The van der Waals surface area contributed by atoms with Gasteiger partial charge >= 0.3 is 12.3 Å². The molecule has 0 saturated carbocycles. The molecule has 0 amide bonds. The van der Waals surface area contributed by atoms with E-state index < -0.39 is 12.3 Å². The van der Waals surface area contributed by atoms with Crippen molar-refractivity contribution in [2.24, 2.45) is 0 Å². The first-order valence-corrected chi connectivity index (χ1v) is 6.97. The van der Waals surface area contributed by atoms with Crippen LogP contribution in [-0.4, -0.2) is 17.4 Å². The zero-order chi connectivity index (χ0) is 13.1. The van der Waals surface area contributed by atoms with E-state index in [1.165, 1.54) is 22.7 Å². The molecular formula is C12H12O4S2. The van der Waals surface area contributed by atoms with E-state index in [0.717, 1.165) is 11.1 Å². The van der Waals surface area contributed by atoms with Crippen molar-refractivity contribution in [3.05, 3.63) is 34.0 Å². The zero-order valence-corrected chi connectivity index (χ0v) is 11.5. The second-order valence-corrected chi connectivity index (χ2v) is 5.54. The predicted octanol–water partition coefficient (Wildman–Crippen LogP) is 3.29. The van der Waals surface area contributed by atoms with Gasteiger partial charge in [0.25, 0.3) is 0 Å². The Bertz CT molecular complexity index is 502. The summed E-state index contributed by atoms with van der Waals surface area (Å²) in [7, 11) is 0. The third-order valence-electron chi connectivity index (χ3n) is 2.06. The lowest BCUT2D eigenvalue weighted by Gasteiger charge is -2.13. The van der Waals surface area contributed by atoms with Gasteiger partial charge in [-0.15, -0.1) is 22.7 Å². The molecule has 0 spiro atoms. The molecule has 4 nitrogen and oxygen atoms in total. The van der Waals surface area contributed by atoms with E-state index in [-0.39, 0.29) is 0 Å². The van der Waals surface area contributed by atoms with Crippen LogP contribution in [0.3, 0.4) is 0 Å². The summed E-state index contributed by atoms with van der Waals surface area (Å²) in [6.45, 7) is 3.84. The first-order chi connectivity index (χ1) is 8.54. The molecule has 0 fully saturated rings. The summed E-state index contributed by atoms with van der Waals surface area (Å²) in [5.74, 6) is -1.15. The van der Waals surface area contributed by atoms with E-state index >= 15 is 0 Å². The Balaban J connectivity index is 2.06. The molecule has 2 aromatic heterocycles. The maximum absolute atomic E-state index is 11.1. The highest BCUT2D eigenvalue weighted by Gasteiger charge is 2.22. The van der Waals surface area contributed by atoms with E-state index in [1.54, 1.807) is 12.1 Å². The Kier molecular flexibility index (Phi) is 3.88. The van der Waals surface area contributed by atoms with Gasteiger partial charge in [-0.25, -0.2) is 4.79 Å². The van der Waals surface area contributed by atoms with Crippen molar-refractivity contribution >= 4 is 28.6 Å². The third-order valence-corrected chi connectivity index (χ3v) is 3.93. The monoisotopic (exact) mass is 284 g/mol. The van der Waals surface area contributed by atoms with Crippen LogP contribution in [-0.2, 0) is 4.79 Å². The fourth-order valence-corrected chi connectivity index (χ4v) is 2.80. The van der Waals surface area contributed by atoms with Crippen LogP contribution in [0.15, 0.2) is 22.9 Å². The molecule has 6 heteroatoms. The number of rotatable bonds is 5. The standard InChI is InChI=1S/C12H12O4S2/c1-7-3-9(17-5-7)15-12(11(13)14)16-10-4-8(2)6-18-10/h3-6,12H,1-2H3,(H,13,14). The van der Waals surface area contributed by atoms with Crippen LogP contribution in [0, 0.1) is 13.8 Å². The van der Waals surface area contributed by atoms with E-state index in [4.69, 9.17) is 14.6 Å². The maximum atomic E-state index is 11.1. The Labute approximate surface area is 112 Å². The van der Waals surface area contributed by atoms with Crippen LogP contribution in [0.1, 0.15) is 11.1 Å². The van der Waals surface area contributed by atoms with E-state index in [2.05, 4.69) is 0 Å². The number of hydrogen-bond donors (Lipinski definition) is 1. The molecule has 96 valence electrons. The van der Waals surface area contributed by atoms with Crippen molar-refractivity contribution in [1.82, 2.24) is 0 Å². The van der Waals surface area contributed by atoms with Crippen molar-refractivity contribution in [3.63, 3.8) is 0 Å². The summed E-state index contributed by atoms with van der Waals surface area (Å²) >= 11 is 2.70. The van der Waals surface area contributed by atoms with Crippen LogP contribution in [0.4, 0.5) is 0 Å². The molecule has 1 N–H and O–H groups in total. The smallest absolute Gasteiger partial charge is 0.387 e. The maximum Gasteiger partial charge on any atom is 0.387 e. The fourth-order valence-electron chi connectivity index (χ4n) is 1.27. The summed E-state index contributed by atoms with van der Waals surface area (Å²) in [5, 5.41) is 13.9. The van der Waals surface area contributed by atoms with Crippen LogP contribution < -0.4 is 9.47 Å². The van der Waals surface area contributed by atoms with Crippen molar-refractivity contribution in [1.29, 1.82) is 0 Å². The number of aliphatic carboxylic acids is 1. The average Bonchev–Trinajstić information content (AvgIpc) is 2.87.